The SMILES string of the molecule is CN(C)P(=NP)(N(C)C)N(C)C.F. The van der Waals surface area contributed by atoms with Gasteiger partial charge in [0.1, 0.15) is 0 Å². The van der Waals surface area contributed by atoms with E-state index >= 15 is 0 Å². The summed E-state index contributed by atoms with van der Waals surface area (Å²) in [6.45, 7) is 0. The zero-order valence-electron chi connectivity index (χ0n) is 9.22. The number of hydrogen-bond acceptors (Lipinski definition) is 1. The van der Waals surface area contributed by atoms with E-state index in [1.54, 1.807) is 0 Å². The normalized spacial score (nSPS) is 12.2. The van der Waals surface area contributed by atoms with Crippen LogP contribution in [0.1, 0.15) is 0 Å². The fourth-order valence-corrected chi connectivity index (χ4v) is 6.01. The second-order valence-electron chi connectivity index (χ2n) is 3.19. The standard InChI is InChI=1S/C6H20N4P2.FH/c1-8(2)12(7-11,9(3)4)10(5)6;/h11H2,1-6H3;1H. The van der Waals surface area contributed by atoms with E-state index in [2.05, 4.69) is 70.2 Å². The summed E-state index contributed by atoms with van der Waals surface area (Å²) in [6.07, 6.45) is 0. The van der Waals surface area contributed by atoms with Crippen LogP contribution in [0.15, 0.2) is 4.52 Å². The molecule has 0 amide bonds. The monoisotopic (exact) mass is 230 g/mol. The molecule has 0 aliphatic carbocycles. The summed E-state index contributed by atoms with van der Waals surface area (Å²) in [5.41, 5.74) is 0. The lowest BCUT2D eigenvalue weighted by Crippen LogP contribution is -2.30. The number of rotatable bonds is 3. The van der Waals surface area contributed by atoms with E-state index in [0.29, 0.717) is 0 Å². The molecule has 0 fully saturated rings. The molecule has 0 bridgehead atoms. The van der Waals surface area contributed by atoms with E-state index in [4.69, 9.17) is 0 Å². The summed E-state index contributed by atoms with van der Waals surface area (Å²) >= 11 is 0. The van der Waals surface area contributed by atoms with Gasteiger partial charge in [-0.1, -0.05) is 0 Å². The molecule has 0 aromatic rings. The molecule has 1 unspecified atom stereocenters. The number of nitrogens with zero attached hydrogens (tertiary/aromatic N) is 4. The fourth-order valence-electron chi connectivity index (χ4n) is 1.38. The van der Waals surface area contributed by atoms with Crippen LogP contribution in [0.3, 0.4) is 0 Å². The van der Waals surface area contributed by atoms with E-state index in [-0.39, 0.29) is 4.70 Å². The Morgan fingerprint density at radius 3 is 1.08 bits per heavy atom. The largest absolute Gasteiger partial charge is 0.269 e. The first kappa shape index (κ1) is 15.9. The highest BCUT2D eigenvalue weighted by atomic mass is 31.2. The highest BCUT2D eigenvalue weighted by molar-refractivity contribution is 7.61. The first-order valence-corrected chi connectivity index (χ1v) is 5.86. The molecule has 0 rings (SSSR count). The van der Waals surface area contributed by atoms with Gasteiger partial charge >= 0.3 is 0 Å². The maximum Gasteiger partial charge on any atom is 0.169 e. The van der Waals surface area contributed by atoms with Crippen LogP contribution in [0.2, 0.25) is 0 Å². The molecule has 82 valence electrons. The van der Waals surface area contributed by atoms with E-state index in [9.17, 15) is 0 Å². The highest BCUT2D eigenvalue weighted by Gasteiger charge is 2.26. The van der Waals surface area contributed by atoms with Crippen molar-refractivity contribution in [2.75, 3.05) is 42.3 Å². The summed E-state index contributed by atoms with van der Waals surface area (Å²) in [5, 5.41) is 0. The van der Waals surface area contributed by atoms with Gasteiger partial charge in [-0.3, -0.25) is 18.7 Å². The van der Waals surface area contributed by atoms with Gasteiger partial charge in [0, 0.05) is 0 Å². The van der Waals surface area contributed by atoms with Crippen LogP contribution in [0.5, 0.6) is 0 Å². The molecule has 0 heterocycles. The van der Waals surface area contributed by atoms with E-state index < -0.39 is 7.51 Å². The molecule has 0 aliphatic rings. The molecule has 0 saturated heterocycles. The minimum atomic E-state index is -1.60. The van der Waals surface area contributed by atoms with Gasteiger partial charge in [0.15, 0.2) is 7.51 Å². The van der Waals surface area contributed by atoms with E-state index in [0.717, 1.165) is 0 Å². The lowest BCUT2D eigenvalue weighted by atomic mass is 11.2. The predicted molar refractivity (Wildman–Crippen MR) is 62.6 cm³/mol. The molecule has 0 radical (unpaired) electrons. The molecule has 0 aromatic carbocycles. The van der Waals surface area contributed by atoms with Gasteiger partial charge in [-0.25, -0.2) is 4.52 Å². The minimum Gasteiger partial charge on any atom is -0.269 e. The first-order valence-electron chi connectivity index (χ1n) is 3.74. The summed E-state index contributed by atoms with van der Waals surface area (Å²) in [4.78, 5) is 0. The Labute approximate surface area is 83.1 Å². The van der Waals surface area contributed by atoms with E-state index in [1.165, 1.54) is 0 Å². The summed E-state index contributed by atoms with van der Waals surface area (Å²) in [6, 6.07) is 0. The molecule has 4 nitrogen and oxygen atoms in total. The van der Waals surface area contributed by atoms with Crippen LogP contribution >= 0.6 is 16.9 Å². The van der Waals surface area contributed by atoms with Gasteiger partial charge in [0.05, 0.1) is 0 Å². The zero-order valence-corrected chi connectivity index (χ0v) is 11.3. The van der Waals surface area contributed by atoms with Gasteiger partial charge in [-0.2, -0.15) is 0 Å². The molecule has 0 aliphatic heterocycles. The third-order valence-corrected chi connectivity index (χ3v) is 6.22. The van der Waals surface area contributed by atoms with Crippen LogP contribution in [0.25, 0.3) is 0 Å². The number of hydrogen-bond donors (Lipinski definition) is 0. The Balaban J connectivity index is 0. The molecule has 0 aromatic heterocycles. The second-order valence-corrected chi connectivity index (χ2v) is 7.59. The maximum absolute atomic E-state index is 4.42. The van der Waals surface area contributed by atoms with Gasteiger partial charge in [0.2, 0.25) is 0 Å². The van der Waals surface area contributed by atoms with Gasteiger partial charge in [-0.05, 0) is 51.7 Å². The van der Waals surface area contributed by atoms with Gasteiger partial charge < -0.3 is 0 Å². The molecular formula is C6H21FN4P2. The van der Waals surface area contributed by atoms with Crippen molar-refractivity contribution < 1.29 is 4.70 Å². The third kappa shape index (κ3) is 2.97. The minimum absolute atomic E-state index is 0. The first-order chi connectivity index (χ1) is 5.39. The van der Waals surface area contributed by atoms with Crippen molar-refractivity contribution in [1.29, 1.82) is 0 Å². The zero-order chi connectivity index (χ0) is 9.94. The Morgan fingerprint density at radius 2 is 1.08 bits per heavy atom. The van der Waals surface area contributed by atoms with Crippen molar-refractivity contribution in [3.8, 4) is 0 Å². The highest BCUT2D eigenvalue weighted by Crippen LogP contribution is 2.55. The second kappa shape index (κ2) is 6.05. The van der Waals surface area contributed by atoms with Crippen molar-refractivity contribution in [3.63, 3.8) is 0 Å². The van der Waals surface area contributed by atoms with Crippen LogP contribution in [-0.2, 0) is 0 Å². The molecule has 1 atom stereocenters. The molecule has 0 spiro atoms. The quantitative estimate of drug-likeness (QED) is 0.687. The molecule has 13 heavy (non-hydrogen) atoms. The average molecular weight is 230 g/mol. The van der Waals surface area contributed by atoms with Gasteiger partial charge in [-0.15, -0.1) is 0 Å². The van der Waals surface area contributed by atoms with Crippen LogP contribution in [0.4, 0.5) is 4.70 Å². The van der Waals surface area contributed by atoms with Gasteiger partial charge in [0.25, 0.3) is 0 Å². The van der Waals surface area contributed by atoms with Crippen molar-refractivity contribution in [3.05, 3.63) is 0 Å². The lowest BCUT2D eigenvalue weighted by molar-refractivity contribution is 0.476. The average Bonchev–Trinajstić information content (AvgIpc) is 1.86. The summed E-state index contributed by atoms with van der Waals surface area (Å²) in [5.74, 6) is 0. The van der Waals surface area contributed by atoms with Crippen LogP contribution in [0, 0.1) is 0 Å². The Bertz CT molecular complexity index is 165. The molecular weight excluding hydrogens is 209 g/mol. The Morgan fingerprint density at radius 1 is 0.846 bits per heavy atom. The lowest BCUT2D eigenvalue weighted by Gasteiger charge is -2.40. The smallest absolute Gasteiger partial charge is 0.169 e. The third-order valence-electron chi connectivity index (χ3n) is 1.76. The Hall–Kier alpha value is 0.470. The van der Waals surface area contributed by atoms with E-state index in [1.807, 2.05) is 0 Å². The summed E-state index contributed by atoms with van der Waals surface area (Å²) in [7, 11) is 13.2. The maximum atomic E-state index is 4.42. The predicted octanol–water partition coefficient (Wildman–Crippen LogP) is 1.56. The van der Waals surface area contributed by atoms with Crippen molar-refractivity contribution >= 4 is 16.9 Å². The van der Waals surface area contributed by atoms with Crippen molar-refractivity contribution in [1.82, 2.24) is 14.0 Å². The Kier molecular flexibility index (Phi) is 7.41. The fraction of sp³-hybridized carbons (Fsp3) is 1.00. The van der Waals surface area contributed by atoms with Crippen molar-refractivity contribution in [2.24, 2.45) is 4.52 Å². The molecule has 0 N–H and O–H groups in total. The van der Waals surface area contributed by atoms with Crippen molar-refractivity contribution in [2.45, 2.75) is 0 Å². The molecule has 7 heteroatoms. The topological polar surface area (TPSA) is 22.1 Å². The summed E-state index contributed by atoms with van der Waals surface area (Å²) < 4.78 is 10.9. The van der Waals surface area contributed by atoms with Crippen LogP contribution < -0.4 is 0 Å². The van der Waals surface area contributed by atoms with Crippen LogP contribution in [-0.4, -0.2) is 56.3 Å². The number of halogens is 1. The molecule has 0 saturated carbocycles.